The summed E-state index contributed by atoms with van der Waals surface area (Å²) in [7, 11) is 1.64. The Morgan fingerprint density at radius 1 is 1.43 bits per heavy atom. The van der Waals surface area contributed by atoms with Crippen molar-refractivity contribution in [2.45, 2.75) is 26.4 Å². The molecule has 2 rings (SSSR count). The number of ether oxygens (including phenoxy) is 1. The Kier molecular flexibility index (Phi) is 5.24. The van der Waals surface area contributed by atoms with E-state index < -0.39 is 0 Å². The molecule has 0 fully saturated rings. The number of rotatable bonds is 6. The highest BCUT2D eigenvalue weighted by molar-refractivity contribution is 6.31. The van der Waals surface area contributed by atoms with Gasteiger partial charge in [0.15, 0.2) is 0 Å². The van der Waals surface area contributed by atoms with Crippen molar-refractivity contribution < 1.29 is 4.74 Å². The minimum Gasteiger partial charge on any atom is -0.383 e. The van der Waals surface area contributed by atoms with Gasteiger partial charge in [-0.05, 0) is 19.9 Å². The monoisotopic (exact) mass is 310 g/mol. The van der Waals surface area contributed by atoms with Gasteiger partial charge >= 0.3 is 0 Å². The van der Waals surface area contributed by atoms with Crippen molar-refractivity contribution >= 4 is 11.6 Å². The van der Waals surface area contributed by atoms with Crippen LogP contribution < -0.4 is 11.3 Å². The van der Waals surface area contributed by atoms with E-state index in [0.29, 0.717) is 18.2 Å². The molecule has 2 aromatic rings. The lowest BCUT2D eigenvalue weighted by Crippen LogP contribution is -2.32. The highest BCUT2D eigenvalue weighted by atomic mass is 35.5. The van der Waals surface area contributed by atoms with Crippen molar-refractivity contribution in [2.75, 3.05) is 13.7 Å². The number of methoxy groups -OCH3 is 1. The van der Waals surface area contributed by atoms with Crippen molar-refractivity contribution in [1.82, 2.24) is 25.4 Å². The summed E-state index contributed by atoms with van der Waals surface area (Å²) in [5.74, 6) is 5.75. The molecule has 7 nitrogen and oxygen atoms in total. The van der Waals surface area contributed by atoms with Crippen molar-refractivity contribution in [3.63, 3.8) is 0 Å². The number of halogens is 1. The van der Waals surface area contributed by atoms with Crippen LogP contribution >= 0.6 is 11.6 Å². The fraction of sp³-hybridized carbons (Fsp3) is 0.462. The summed E-state index contributed by atoms with van der Waals surface area (Å²) in [5, 5.41) is 13.0. The fourth-order valence-corrected chi connectivity index (χ4v) is 2.44. The molecule has 0 aromatic carbocycles. The Labute approximate surface area is 128 Å². The van der Waals surface area contributed by atoms with E-state index in [2.05, 4.69) is 20.7 Å². The summed E-state index contributed by atoms with van der Waals surface area (Å²) in [6.45, 7) is 4.89. The summed E-state index contributed by atoms with van der Waals surface area (Å²) in [6, 6.07) is 1.63. The van der Waals surface area contributed by atoms with Crippen LogP contribution in [0, 0.1) is 13.8 Å². The predicted molar refractivity (Wildman–Crippen MR) is 79.8 cm³/mol. The van der Waals surface area contributed by atoms with Gasteiger partial charge in [0.1, 0.15) is 0 Å². The number of nitrogens with one attached hydrogen (secondary N) is 1. The zero-order valence-corrected chi connectivity index (χ0v) is 13.1. The molecule has 0 radical (unpaired) electrons. The van der Waals surface area contributed by atoms with E-state index in [4.69, 9.17) is 22.2 Å². The first kappa shape index (κ1) is 15.8. The molecule has 0 aliphatic carbocycles. The lowest BCUT2D eigenvalue weighted by molar-refractivity contribution is 0.182. The maximum atomic E-state index is 6.28. The first-order valence-corrected chi connectivity index (χ1v) is 6.93. The van der Waals surface area contributed by atoms with Gasteiger partial charge < -0.3 is 4.74 Å². The topological polar surface area (TPSA) is 90.9 Å². The smallest absolute Gasteiger partial charge is 0.0912 e. The lowest BCUT2D eigenvalue weighted by atomic mass is 10.0. The minimum absolute atomic E-state index is 0.314. The van der Waals surface area contributed by atoms with Crippen molar-refractivity contribution in [3.05, 3.63) is 39.9 Å². The Morgan fingerprint density at radius 2 is 2.19 bits per heavy atom. The minimum atomic E-state index is -0.314. The van der Waals surface area contributed by atoms with E-state index in [9.17, 15) is 0 Å². The van der Waals surface area contributed by atoms with E-state index >= 15 is 0 Å². The maximum Gasteiger partial charge on any atom is 0.0912 e. The van der Waals surface area contributed by atoms with Crippen LogP contribution in [0.3, 0.4) is 0 Å². The molecule has 0 saturated carbocycles. The third-order valence-corrected chi connectivity index (χ3v) is 3.52. The largest absolute Gasteiger partial charge is 0.383 e. The Hall–Kier alpha value is -1.54. The number of nitrogens with two attached hydrogens (primary N) is 1. The van der Waals surface area contributed by atoms with Gasteiger partial charge in [0.2, 0.25) is 0 Å². The molecule has 1 atom stereocenters. The summed E-state index contributed by atoms with van der Waals surface area (Å²) in [5.41, 5.74) is 6.10. The molecule has 0 bridgehead atoms. The molecule has 0 saturated heterocycles. The van der Waals surface area contributed by atoms with Crippen molar-refractivity contribution in [1.29, 1.82) is 0 Å². The molecule has 114 valence electrons. The van der Waals surface area contributed by atoms with Crippen LogP contribution in [-0.4, -0.2) is 33.7 Å². The van der Waals surface area contributed by atoms with Crippen LogP contribution in [0.15, 0.2) is 12.3 Å². The number of hydrazine groups is 1. The third kappa shape index (κ3) is 3.38. The van der Waals surface area contributed by atoms with Gasteiger partial charge in [0.05, 0.1) is 47.5 Å². The molecule has 0 amide bonds. The average molecular weight is 311 g/mol. The zero-order chi connectivity index (χ0) is 15.4. The van der Waals surface area contributed by atoms with Gasteiger partial charge in [-0.2, -0.15) is 15.3 Å². The molecule has 0 aliphatic heterocycles. The predicted octanol–water partition coefficient (Wildman–Crippen LogP) is 1.14. The van der Waals surface area contributed by atoms with Gasteiger partial charge in [0, 0.05) is 12.7 Å². The van der Waals surface area contributed by atoms with E-state index in [1.165, 1.54) is 0 Å². The molecule has 21 heavy (non-hydrogen) atoms. The number of hydrogen-bond acceptors (Lipinski definition) is 6. The van der Waals surface area contributed by atoms with E-state index in [0.717, 1.165) is 22.6 Å². The van der Waals surface area contributed by atoms with Gasteiger partial charge in [-0.25, -0.2) is 5.43 Å². The first-order chi connectivity index (χ1) is 10.1. The summed E-state index contributed by atoms with van der Waals surface area (Å²) < 4.78 is 6.88. The molecule has 0 spiro atoms. The van der Waals surface area contributed by atoms with Crippen LogP contribution in [0.2, 0.25) is 5.02 Å². The van der Waals surface area contributed by atoms with Crippen LogP contribution in [-0.2, 0) is 11.3 Å². The summed E-state index contributed by atoms with van der Waals surface area (Å²) in [6.07, 6.45) is 1.60. The molecule has 2 aromatic heterocycles. The Morgan fingerprint density at radius 3 is 2.86 bits per heavy atom. The van der Waals surface area contributed by atoms with E-state index in [1.54, 1.807) is 18.0 Å². The molecule has 2 heterocycles. The van der Waals surface area contributed by atoms with Crippen LogP contribution in [0.25, 0.3) is 0 Å². The SMILES string of the molecule is COCCn1ncc(Cl)c1C(NN)c1cc(C)nnc1C. The molecule has 8 heteroatoms. The summed E-state index contributed by atoms with van der Waals surface area (Å²) in [4.78, 5) is 0. The van der Waals surface area contributed by atoms with Crippen LogP contribution in [0.5, 0.6) is 0 Å². The highest BCUT2D eigenvalue weighted by Crippen LogP contribution is 2.29. The molecular formula is C13H19ClN6O. The lowest BCUT2D eigenvalue weighted by Gasteiger charge is -2.20. The summed E-state index contributed by atoms with van der Waals surface area (Å²) >= 11 is 6.28. The van der Waals surface area contributed by atoms with Crippen molar-refractivity contribution in [2.24, 2.45) is 5.84 Å². The van der Waals surface area contributed by atoms with E-state index in [-0.39, 0.29) is 6.04 Å². The third-order valence-electron chi connectivity index (χ3n) is 3.23. The van der Waals surface area contributed by atoms with Gasteiger partial charge in [-0.1, -0.05) is 11.6 Å². The number of hydrogen-bond donors (Lipinski definition) is 2. The van der Waals surface area contributed by atoms with Gasteiger partial charge in [0.25, 0.3) is 0 Å². The number of aryl methyl sites for hydroxylation is 2. The Balaban J connectivity index is 2.46. The van der Waals surface area contributed by atoms with Crippen molar-refractivity contribution in [3.8, 4) is 0 Å². The Bertz CT molecular complexity index is 615. The van der Waals surface area contributed by atoms with Gasteiger partial charge in [-0.15, -0.1) is 0 Å². The molecule has 3 N–H and O–H groups in total. The first-order valence-electron chi connectivity index (χ1n) is 6.55. The highest BCUT2D eigenvalue weighted by Gasteiger charge is 2.23. The zero-order valence-electron chi connectivity index (χ0n) is 12.3. The standard InChI is InChI=1S/C13H19ClN6O/c1-8-6-10(9(2)19-18-8)12(17-15)13-11(14)7-16-20(13)4-5-21-3/h6-7,12,17H,4-5,15H2,1-3H3. The quantitative estimate of drug-likeness (QED) is 0.614. The van der Waals surface area contributed by atoms with E-state index in [1.807, 2.05) is 19.9 Å². The number of aromatic nitrogens is 4. The van der Waals surface area contributed by atoms with Crippen LogP contribution in [0.1, 0.15) is 28.7 Å². The van der Waals surface area contributed by atoms with Gasteiger partial charge in [-0.3, -0.25) is 10.5 Å². The average Bonchev–Trinajstić information content (AvgIpc) is 2.83. The van der Waals surface area contributed by atoms with Crippen LogP contribution in [0.4, 0.5) is 0 Å². The number of nitrogens with zero attached hydrogens (tertiary/aromatic N) is 4. The molecule has 1 unspecified atom stereocenters. The normalized spacial score (nSPS) is 12.6. The molecule has 0 aliphatic rings. The second kappa shape index (κ2) is 6.95. The second-order valence-corrected chi connectivity index (χ2v) is 5.13. The molecular weight excluding hydrogens is 292 g/mol. The maximum absolute atomic E-state index is 6.28. The second-order valence-electron chi connectivity index (χ2n) is 4.72. The fourth-order valence-electron chi connectivity index (χ4n) is 2.19.